The number of nitrogens with one attached hydrogen (secondary N) is 1. The minimum atomic E-state index is -0.941. The molecule has 5 nitrogen and oxygen atoms in total. The van der Waals surface area contributed by atoms with Gasteiger partial charge in [0.15, 0.2) is 5.76 Å². The second kappa shape index (κ2) is 4.83. The molecule has 1 heterocycles. The molecular weight excluding hydrogens is 210 g/mol. The van der Waals surface area contributed by atoms with Crippen molar-refractivity contribution < 1.29 is 19.1 Å². The van der Waals surface area contributed by atoms with Crippen molar-refractivity contribution in [3.05, 3.63) is 23.7 Å². The maximum atomic E-state index is 11.7. The molecule has 1 rings (SSSR count). The van der Waals surface area contributed by atoms with E-state index in [0.717, 1.165) is 5.56 Å². The third-order valence-electron chi connectivity index (χ3n) is 2.57. The summed E-state index contributed by atoms with van der Waals surface area (Å²) in [5, 5.41) is 11.4. The lowest BCUT2D eigenvalue weighted by atomic mass is 10.0. The van der Waals surface area contributed by atoms with Gasteiger partial charge in [-0.2, -0.15) is 0 Å². The molecule has 16 heavy (non-hydrogen) atoms. The van der Waals surface area contributed by atoms with Crippen molar-refractivity contribution in [1.29, 1.82) is 0 Å². The van der Waals surface area contributed by atoms with Crippen LogP contribution in [-0.4, -0.2) is 23.0 Å². The van der Waals surface area contributed by atoms with Crippen molar-refractivity contribution in [3.63, 3.8) is 0 Å². The normalized spacial score (nSPS) is 14.2. The lowest BCUT2D eigenvalue weighted by Gasteiger charge is -2.17. The van der Waals surface area contributed by atoms with Crippen LogP contribution in [0.5, 0.6) is 0 Å². The highest BCUT2D eigenvalue weighted by molar-refractivity contribution is 5.93. The largest absolute Gasteiger partial charge is 0.481 e. The minimum absolute atomic E-state index is 0.226. The SMILES string of the molecule is Cc1ccoc1C(=O)NC(C)C(C)C(=O)O. The second-order valence-electron chi connectivity index (χ2n) is 3.82. The van der Waals surface area contributed by atoms with Crippen LogP contribution >= 0.6 is 0 Å². The van der Waals surface area contributed by atoms with Gasteiger partial charge in [-0.25, -0.2) is 0 Å². The van der Waals surface area contributed by atoms with E-state index in [-0.39, 0.29) is 11.7 Å². The van der Waals surface area contributed by atoms with Crippen molar-refractivity contribution in [2.24, 2.45) is 5.92 Å². The molecular formula is C11H15NO4. The quantitative estimate of drug-likeness (QED) is 0.812. The van der Waals surface area contributed by atoms with Gasteiger partial charge in [0.2, 0.25) is 0 Å². The molecule has 1 amide bonds. The summed E-state index contributed by atoms with van der Waals surface area (Å²) < 4.78 is 5.01. The molecule has 1 aromatic rings. The number of aliphatic carboxylic acids is 1. The fourth-order valence-corrected chi connectivity index (χ4v) is 1.22. The molecule has 2 atom stereocenters. The zero-order valence-electron chi connectivity index (χ0n) is 9.48. The van der Waals surface area contributed by atoms with Gasteiger partial charge < -0.3 is 14.8 Å². The zero-order valence-corrected chi connectivity index (χ0v) is 9.48. The monoisotopic (exact) mass is 225 g/mol. The molecule has 1 aromatic heterocycles. The van der Waals surface area contributed by atoms with Gasteiger partial charge in [0, 0.05) is 11.6 Å². The topological polar surface area (TPSA) is 79.5 Å². The molecule has 0 aromatic carbocycles. The van der Waals surface area contributed by atoms with Crippen molar-refractivity contribution in [3.8, 4) is 0 Å². The molecule has 0 radical (unpaired) electrons. The maximum absolute atomic E-state index is 11.7. The van der Waals surface area contributed by atoms with E-state index in [1.807, 2.05) is 0 Å². The lowest BCUT2D eigenvalue weighted by molar-refractivity contribution is -0.141. The molecule has 0 aliphatic carbocycles. The summed E-state index contributed by atoms with van der Waals surface area (Å²) in [6.07, 6.45) is 1.43. The molecule has 0 spiro atoms. The van der Waals surface area contributed by atoms with Crippen LogP contribution in [0.1, 0.15) is 30.0 Å². The number of carbonyl (C=O) groups excluding carboxylic acids is 1. The molecule has 0 saturated carbocycles. The van der Waals surface area contributed by atoms with Crippen molar-refractivity contribution >= 4 is 11.9 Å². The first-order valence-electron chi connectivity index (χ1n) is 5.01. The van der Waals surface area contributed by atoms with Gasteiger partial charge in [0.1, 0.15) is 0 Å². The third-order valence-corrected chi connectivity index (χ3v) is 2.57. The van der Waals surface area contributed by atoms with Gasteiger partial charge in [0.25, 0.3) is 5.91 Å². The molecule has 0 bridgehead atoms. The maximum Gasteiger partial charge on any atom is 0.308 e. The molecule has 88 valence electrons. The van der Waals surface area contributed by atoms with E-state index in [2.05, 4.69) is 5.32 Å². The number of carboxylic acid groups (broad SMARTS) is 1. The van der Waals surface area contributed by atoms with Gasteiger partial charge in [-0.15, -0.1) is 0 Å². The molecule has 0 saturated heterocycles. The Labute approximate surface area is 93.4 Å². The molecule has 0 aliphatic heterocycles. The predicted molar refractivity (Wildman–Crippen MR) is 57.2 cm³/mol. The summed E-state index contributed by atoms with van der Waals surface area (Å²) in [7, 11) is 0. The van der Waals surface area contributed by atoms with Gasteiger partial charge in [0.05, 0.1) is 12.2 Å². The van der Waals surface area contributed by atoms with Crippen LogP contribution in [0, 0.1) is 12.8 Å². The van der Waals surface area contributed by atoms with E-state index in [0.29, 0.717) is 0 Å². The van der Waals surface area contributed by atoms with Gasteiger partial charge in [-0.3, -0.25) is 9.59 Å². The highest BCUT2D eigenvalue weighted by Crippen LogP contribution is 2.10. The summed E-state index contributed by atoms with van der Waals surface area (Å²) in [6, 6.07) is 1.23. The molecule has 0 fully saturated rings. The van der Waals surface area contributed by atoms with Crippen LogP contribution in [0.4, 0.5) is 0 Å². The number of amides is 1. The molecule has 5 heteroatoms. The molecule has 2 N–H and O–H groups in total. The first-order valence-corrected chi connectivity index (χ1v) is 5.01. The van der Waals surface area contributed by atoms with E-state index >= 15 is 0 Å². The van der Waals surface area contributed by atoms with Crippen LogP contribution in [-0.2, 0) is 4.79 Å². The van der Waals surface area contributed by atoms with Crippen LogP contribution < -0.4 is 5.32 Å². The second-order valence-corrected chi connectivity index (χ2v) is 3.82. The smallest absolute Gasteiger partial charge is 0.308 e. The number of hydrogen-bond donors (Lipinski definition) is 2. The number of rotatable bonds is 4. The summed E-state index contributed by atoms with van der Waals surface area (Å²) in [5.74, 6) is -1.74. The van der Waals surface area contributed by atoms with Gasteiger partial charge in [-0.1, -0.05) is 0 Å². The Balaban J connectivity index is 2.65. The summed E-state index contributed by atoms with van der Waals surface area (Å²) >= 11 is 0. The Kier molecular flexibility index (Phi) is 3.71. The van der Waals surface area contributed by atoms with E-state index in [9.17, 15) is 9.59 Å². The Hall–Kier alpha value is -1.78. The number of furan rings is 1. The van der Waals surface area contributed by atoms with E-state index < -0.39 is 17.9 Å². The average molecular weight is 225 g/mol. The molecule has 2 unspecified atom stereocenters. The summed E-state index contributed by atoms with van der Waals surface area (Å²) in [5.41, 5.74) is 0.729. The Morgan fingerprint density at radius 2 is 2.06 bits per heavy atom. The van der Waals surface area contributed by atoms with Crippen molar-refractivity contribution in [2.45, 2.75) is 26.8 Å². The number of hydrogen-bond acceptors (Lipinski definition) is 3. The standard InChI is InChI=1S/C11H15NO4/c1-6-4-5-16-9(6)10(13)12-8(3)7(2)11(14)15/h4-5,7-8H,1-3H3,(H,12,13)(H,14,15). The Bertz CT molecular complexity index is 396. The number of carboxylic acids is 1. The first kappa shape index (κ1) is 12.3. The van der Waals surface area contributed by atoms with Gasteiger partial charge >= 0.3 is 5.97 Å². The summed E-state index contributed by atoms with van der Waals surface area (Å²) in [6.45, 7) is 4.95. The Morgan fingerprint density at radius 1 is 1.44 bits per heavy atom. The third kappa shape index (κ3) is 2.62. The highest BCUT2D eigenvalue weighted by atomic mass is 16.4. The average Bonchev–Trinajstić information content (AvgIpc) is 2.62. The lowest BCUT2D eigenvalue weighted by Crippen LogP contribution is -2.40. The zero-order chi connectivity index (χ0) is 12.3. The fraction of sp³-hybridized carbons (Fsp3) is 0.455. The van der Waals surface area contributed by atoms with Crippen LogP contribution in [0.25, 0.3) is 0 Å². The number of aryl methyl sites for hydroxylation is 1. The molecule has 0 aliphatic rings. The van der Waals surface area contributed by atoms with E-state index in [4.69, 9.17) is 9.52 Å². The van der Waals surface area contributed by atoms with Crippen LogP contribution in [0.15, 0.2) is 16.7 Å². The van der Waals surface area contributed by atoms with Crippen LogP contribution in [0.2, 0.25) is 0 Å². The van der Waals surface area contributed by atoms with E-state index in [1.165, 1.54) is 6.26 Å². The minimum Gasteiger partial charge on any atom is -0.481 e. The van der Waals surface area contributed by atoms with E-state index in [1.54, 1.807) is 26.8 Å². The predicted octanol–water partition coefficient (Wildman–Crippen LogP) is 1.43. The fourth-order valence-electron chi connectivity index (χ4n) is 1.22. The first-order chi connectivity index (χ1) is 7.43. The number of carbonyl (C=O) groups is 2. The van der Waals surface area contributed by atoms with Crippen LogP contribution in [0.3, 0.4) is 0 Å². The highest BCUT2D eigenvalue weighted by Gasteiger charge is 2.23. The van der Waals surface area contributed by atoms with Crippen molar-refractivity contribution in [2.75, 3.05) is 0 Å². The Morgan fingerprint density at radius 3 is 2.50 bits per heavy atom. The van der Waals surface area contributed by atoms with Crippen molar-refractivity contribution in [1.82, 2.24) is 5.32 Å². The summed E-state index contributed by atoms with van der Waals surface area (Å²) in [4.78, 5) is 22.4. The van der Waals surface area contributed by atoms with Gasteiger partial charge in [-0.05, 0) is 26.8 Å².